The third-order valence-corrected chi connectivity index (χ3v) is 5.18. The van der Waals surface area contributed by atoms with E-state index in [9.17, 15) is 9.18 Å². The molecule has 4 rings (SSSR count). The van der Waals surface area contributed by atoms with Gasteiger partial charge in [-0.15, -0.1) is 0 Å². The number of thioether (sulfide) groups is 1. The third kappa shape index (κ3) is 3.06. The average Bonchev–Trinajstić information content (AvgIpc) is 2.98. The summed E-state index contributed by atoms with van der Waals surface area (Å²) in [5.41, 5.74) is 2.04. The summed E-state index contributed by atoms with van der Waals surface area (Å²) >= 11 is 1.50. The van der Waals surface area contributed by atoms with E-state index < -0.39 is 0 Å². The van der Waals surface area contributed by atoms with Crippen molar-refractivity contribution in [3.8, 4) is 5.75 Å². The van der Waals surface area contributed by atoms with Gasteiger partial charge in [0.15, 0.2) is 5.17 Å². The number of amides is 1. The largest absolute Gasteiger partial charge is 0.495 e. The molecule has 2 aliphatic rings. The Morgan fingerprint density at radius 3 is 2.73 bits per heavy atom. The van der Waals surface area contributed by atoms with Gasteiger partial charge in [-0.05, 0) is 35.9 Å². The Labute approximate surface area is 154 Å². The summed E-state index contributed by atoms with van der Waals surface area (Å²) in [5.74, 6) is 0.975. The predicted molar refractivity (Wildman–Crippen MR) is 101 cm³/mol. The fraction of sp³-hybridized carbons (Fsp3) is 0.158. The van der Waals surface area contributed by atoms with Crippen LogP contribution in [0.15, 0.2) is 59.2 Å². The topological polar surface area (TPSA) is 45.1 Å². The van der Waals surface area contributed by atoms with E-state index in [1.807, 2.05) is 24.3 Å². The van der Waals surface area contributed by atoms with Crippen molar-refractivity contribution < 1.29 is 13.9 Å². The van der Waals surface area contributed by atoms with Gasteiger partial charge in [0.25, 0.3) is 5.91 Å². The fourth-order valence-electron chi connectivity index (χ4n) is 2.87. The minimum atomic E-state index is -0.309. The molecule has 1 amide bonds. The Bertz CT molecular complexity index is 911. The van der Waals surface area contributed by atoms with E-state index in [1.165, 1.54) is 23.9 Å². The van der Waals surface area contributed by atoms with E-state index in [-0.39, 0.29) is 11.7 Å². The first-order valence-corrected chi connectivity index (χ1v) is 9.03. The van der Waals surface area contributed by atoms with Gasteiger partial charge in [0.05, 0.1) is 18.7 Å². The number of nitrogens with zero attached hydrogens (tertiary/aromatic N) is 3. The average molecular weight is 369 g/mol. The molecule has 2 aliphatic heterocycles. The maximum atomic E-state index is 13.0. The highest BCUT2D eigenvalue weighted by molar-refractivity contribution is 8.14. The molecule has 2 aromatic rings. The lowest BCUT2D eigenvalue weighted by Crippen LogP contribution is -2.46. The first-order chi connectivity index (χ1) is 12.7. The number of hydrogen-bond donors (Lipinski definition) is 0. The van der Waals surface area contributed by atoms with Crippen LogP contribution < -0.4 is 9.64 Å². The molecule has 0 aliphatic carbocycles. The van der Waals surface area contributed by atoms with E-state index >= 15 is 0 Å². The van der Waals surface area contributed by atoms with Crippen molar-refractivity contribution in [1.82, 2.24) is 4.90 Å². The summed E-state index contributed by atoms with van der Waals surface area (Å²) in [6, 6.07) is 13.7. The summed E-state index contributed by atoms with van der Waals surface area (Å²) in [6.07, 6.45) is 1.68. The minimum absolute atomic E-state index is 0.156. The number of ether oxygens (including phenoxy) is 1. The summed E-state index contributed by atoms with van der Waals surface area (Å²) in [4.78, 5) is 20.9. The first-order valence-electron chi connectivity index (χ1n) is 8.04. The van der Waals surface area contributed by atoms with Crippen molar-refractivity contribution in [1.29, 1.82) is 0 Å². The standard InChI is InChI=1S/C19H16FN3O2S/c1-25-17-5-3-2-4-16(17)22-11-23-18(24)15(21-19(23)26-12-22)10-13-6-8-14(20)9-7-13/h2-10H,11-12H2,1H3. The molecule has 26 heavy (non-hydrogen) atoms. The zero-order chi connectivity index (χ0) is 18.1. The molecular formula is C19H16FN3O2S. The molecule has 0 saturated carbocycles. The molecule has 1 fully saturated rings. The highest BCUT2D eigenvalue weighted by atomic mass is 32.2. The molecule has 0 aromatic heterocycles. The number of fused-ring (bicyclic) bond motifs is 1. The molecule has 1 saturated heterocycles. The van der Waals surface area contributed by atoms with Gasteiger partial charge in [-0.3, -0.25) is 9.69 Å². The molecule has 2 heterocycles. The number of carbonyl (C=O) groups is 1. The molecule has 0 unspecified atom stereocenters. The van der Waals surface area contributed by atoms with Crippen LogP contribution in [-0.2, 0) is 4.79 Å². The fourth-order valence-corrected chi connectivity index (χ4v) is 3.82. The molecule has 7 heteroatoms. The van der Waals surface area contributed by atoms with Crippen molar-refractivity contribution in [2.75, 3.05) is 24.6 Å². The smallest absolute Gasteiger partial charge is 0.280 e. The third-order valence-electron chi connectivity index (χ3n) is 4.17. The number of aliphatic imine (C=N–C) groups is 1. The molecule has 0 spiro atoms. The Morgan fingerprint density at radius 2 is 1.96 bits per heavy atom. The van der Waals surface area contributed by atoms with Crippen LogP contribution in [0.25, 0.3) is 6.08 Å². The van der Waals surface area contributed by atoms with Crippen molar-refractivity contribution >= 4 is 34.6 Å². The molecule has 0 atom stereocenters. The van der Waals surface area contributed by atoms with Crippen molar-refractivity contribution in [3.05, 3.63) is 65.6 Å². The number of para-hydroxylation sites is 2. The number of benzene rings is 2. The summed E-state index contributed by atoms with van der Waals surface area (Å²) in [6.45, 7) is 0.409. The number of rotatable bonds is 3. The van der Waals surface area contributed by atoms with Crippen LogP contribution in [0.4, 0.5) is 10.1 Å². The van der Waals surface area contributed by atoms with E-state index in [4.69, 9.17) is 4.74 Å². The van der Waals surface area contributed by atoms with Crippen molar-refractivity contribution in [3.63, 3.8) is 0 Å². The molecular weight excluding hydrogens is 353 g/mol. The number of amidine groups is 1. The SMILES string of the molecule is COc1ccccc1N1CSC2=NC(=Cc3ccc(F)cc3)C(=O)N2C1. The summed E-state index contributed by atoms with van der Waals surface area (Å²) < 4.78 is 18.5. The van der Waals surface area contributed by atoms with Gasteiger partial charge in [0, 0.05) is 0 Å². The Hall–Kier alpha value is -2.80. The quantitative estimate of drug-likeness (QED) is 0.777. The van der Waals surface area contributed by atoms with E-state index in [1.54, 1.807) is 30.2 Å². The first kappa shape index (κ1) is 16.7. The highest BCUT2D eigenvalue weighted by Crippen LogP contribution is 2.34. The molecule has 0 radical (unpaired) electrons. The van der Waals surface area contributed by atoms with E-state index in [2.05, 4.69) is 9.89 Å². The van der Waals surface area contributed by atoms with Crippen molar-refractivity contribution in [2.24, 2.45) is 4.99 Å². The second-order valence-electron chi connectivity index (χ2n) is 5.84. The zero-order valence-electron chi connectivity index (χ0n) is 14.1. The minimum Gasteiger partial charge on any atom is -0.495 e. The molecule has 5 nitrogen and oxygen atoms in total. The van der Waals surface area contributed by atoms with Crippen LogP contribution in [-0.4, -0.2) is 35.6 Å². The predicted octanol–water partition coefficient (Wildman–Crippen LogP) is 3.54. The molecule has 2 aromatic carbocycles. The Morgan fingerprint density at radius 1 is 1.19 bits per heavy atom. The van der Waals surface area contributed by atoms with Crippen LogP contribution in [0, 0.1) is 5.82 Å². The van der Waals surface area contributed by atoms with Gasteiger partial charge in [-0.25, -0.2) is 9.38 Å². The Kier molecular flexibility index (Phi) is 4.38. The number of carbonyl (C=O) groups excluding carboxylic acids is 1. The maximum absolute atomic E-state index is 13.0. The Balaban J connectivity index is 1.57. The lowest BCUT2D eigenvalue weighted by atomic mass is 10.2. The second kappa shape index (κ2) is 6.84. The van der Waals surface area contributed by atoms with Crippen LogP contribution in [0.2, 0.25) is 0 Å². The van der Waals surface area contributed by atoms with Crippen LogP contribution >= 0.6 is 11.8 Å². The van der Waals surface area contributed by atoms with Crippen LogP contribution in [0.1, 0.15) is 5.56 Å². The lowest BCUT2D eigenvalue weighted by molar-refractivity contribution is -0.122. The molecule has 0 N–H and O–H groups in total. The number of methoxy groups -OCH3 is 1. The van der Waals surface area contributed by atoms with Gasteiger partial charge in [-0.2, -0.15) is 0 Å². The van der Waals surface area contributed by atoms with Gasteiger partial charge in [-0.1, -0.05) is 36.0 Å². The lowest BCUT2D eigenvalue weighted by Gasteiger charge is -2.34. The summed E-state index contributed by atoms with van der Waals surface area (Å²) in [7, 11) is 1.63. The number of hydrogen-bond acceptors (Lipinski definition) is 5. The maximum Gasteiger partial charge on any atom is 0.280 e. The van der Waals surface area contributed by atoms with E-state index in [0.717, 1.165) is 17.0 Å². The molecule has 0 bridgehead atoms. The molecule has 132 valence electrons. The van der Waals surface area contributed by atoms with Gasteiger partial charge in [0.2, 0.25) is 0 Å². The summed E-state index contributed by atoms with van der Waals surface area (Å²) in [5, 5.41) is 0.689. The second-order valence-corrected chi connectivity index (χ2v) is 6.75. The van der Waals surface area contributed by atoms with Gasteiger partial charge >= 0.3 is 0 Å². The zero-order valence-corrected chi connectivity index (χ0v) is 14.9. The van der Waals surface area contributed by atoms with Gasteiger partial charge < -0.3 is 9.64 Å². The normalized spacial score (nSPS) is 18.2. The number of anilines is 1. The van der Waals surface area contributed by atoms with Gasteiger partial charge in [0.1, 0.15) is 23.9 Å². The van der Waals surface area contributed by atoms with Crippen LogP contribution in [0.5, 0.6) is 5.75 Å². The van der Waals surface area contributed by atoms with Crippen molar-refractivity contribution in [2.45, 2.75) is 0 Å². The highest BCUT2D eigenvalue weighted by Gasteiger charge is 2.36. The number of halogens is 1. The van der Waals surface area contributed by atoms with Crippen LogP contribution in [0.3, 0.4) is 0 Å². The van der Waals surface area contributed by atoms with E-state index in [0.29, 0.717) is 23.4 Å². The monoisotopic (exact) mass is 369 g/mol.